The van der Waals surface area contributed by atoms with Gasteiger partial charge in [-0.25, -0.2) is 0 Å². The van der Waals surface area contributed by atoms with E-state index in [9.17, 15) is 28.1 Å². The molecule has 1 heterocycles. The molecule has 1 amide bonds. The molecule has 0 saturated carbocycles. The normalized spacial score (nSPS) is 12.6. The van der Waals surface area contributed by atoms with Crippen molar-refractivity contribution in [1.82, 2.24) is 10.3 Å². The van der Waals surface area contributed by atoms with Crippen molar-refractivity contribution in [2.75, 3.05) is 0 Å². The lowest BCUT2D eigenvalue weighted by Gasteiger charge is -2.15. The van der Waals surface area contributed by atoms with Crippen molar-refractivity contribution in [3.8, 4) is 5.75 Å². The summed E-state index contributed by atoms with van der Waals surface area (Å²) in [6, 6.07) is 8.74. The summed E-state index contributed by atoms with van der Waals surface area (Å²) in [6.45, 7) is 1.66. The first-order chi connectivity index (χ1) is 13.1. The fourth-order valence-electron chi connectivity index (χ4n) is 2.73. The molecule has 3 aromatic rings. The van der Waals surface area contributed by atoms with Gasteiger partial charge in [0.25, 0.3) is 11.6 Å². The number of amides is 1. The van der Waals surface area contributed by atoms with E-state index in [1.807, 2.05) is 0 Å². The van der Waals surface area contributed by atoms with E-state index >= 15 is 0 Å². The van der Waals surface area contributed by atoms with Gasteiger partial charge in [-0.05, 0) is 30.7 Å². The van der Waals surface area contributed by atoms with Gasteiger partial charge >= 0.3 is 6.36 Å². The SMILES string of the molecule is CC(NC(=O)c1c[nH]c2ccc([N+](=O)[O-])cc12)c1ccc(OC(F)(F)F)cc1. The molecule has 146 valence electrons. The number of benzene rings is 2. The van der Waals surface area contributed by atoms with Crippen molar-refractivity contribution < 1.29 is 27.6 Å². The largest absolute Gasteiger partial charge is 0.573 e. The number of carbonyl (C=O) groups excluding carboxylic acids is 1. The van der Waals surface area contributed by atoms with Crippen LogP contribution in [0.15, 0.2) is 48.7 Å². The number of hydrogen-bond donors (Lipinski definition) is 2. The summed E-state index contributed by atoms with van der Waals surface area (Å²) < 4.78 is 40.4. The molecule has 0 radical (unpaired) electrons. The van der Waals surface area contributed by atoms with Crippen molar-refractivity contribution in [2.24, 2.45) is 0 Å². The van der Waals surface area contributed by atoms with Gasteiger partial charge in [0.05, 0.1) is 16.5 Å². The highest BCUT2D eigenvalue weighted by Crippen LogP contribution is 2.26. The van der Waals surface area contributed by atoms with Gasteiger partial charge in [-0.1, -0.05) is 12.1 Å². The lowest BCUT2D eigenvalue weighted by Crippen LogP contribution is -2.26. The first-order valence-corrected chi connectivity index (χ1v) is 8.06. The smallest absolute Gasteiger partial charge is 0.406 e. The molecule has 0 spiro atoms. The van der Waals surface area contributed by atoms with Crippen LogP contribution < -0.4 is 10.1 Å². The van der Waals surface area contributed by atoms with E-state index in [1.54, 1.807) is 6.92 Å². The fourth-order valence-corrected chi connectivity index (χ4v) is 2.73. The molecule has 10 heteroatoms. The number of nitro benzene ring substituents is 1. The number of nitrogens with zero attached hydrogens (tertiary/aromatic N) is 1. The third-order valence-electron chi connectivity index (χ3n) is 4.08. The molecule has 1 unspecified atom stereocenters. The van der Waals surface area contributed by atoms with E-state index in [0.29, 0.717) is 16.5 Å². The fraction of sp³-hybridized carbons (Fsp3) is 0.167. The van der Waals surface area contributed by atoms with Crippen molar-refractivity contribution in [2.45, 2.75) is 19.3 Å². The minimum atomic E-state index is -4.78. The highest BCUT2D eigenvalue weighted by molar-refractivity contribution is 6.07. The number of alkyl halides is 3. The zero-order valence-electron chi connectivity index (χ0n) is 14.4. The number of non-ortho nitro benzene ring substituents is 1. The maximum Gasteiger partial charge on any atom is 0.573 e. The van der Waals surface area contributed by atoms with Crippen molar-refractivity contribution in [1.29, 1.82) is 0 Å². The minimum absolute atomic E-state index is 0.144. The topological polar surface area (TPSA) is 97.3 Å². The third kappa shape index (κ3) is 4.22. The number of halogens is 3. The number of H-pyrrole nitrogens is 1. The van der Waals surface area contributed by atoms with Crippen LogP contribution in [0.5, 0.6) is 5.75 Å². The standard InChI is InChI=1S/C18H14F3N3O4/c1-10(11-2-5-13(6-3-11)28-18(19,20)21)23-17(25)15-9-22-16-7-4-12(24(26)27)8-14(15)16/h2-10,22H,1H3,(H,23,25). The lowest BCUT2D eigenvalue weighted by atomic mass is 10.1. The summed E-state index contributed by atoms with van der Waals surface area (Å²) in [5.41, 5.74) is 1.21. The Morgan fingerprint density at radius 1 is 1.21 bits per heavy atom. The molecule has 0 fully saturated rings. The Morgan fingerprint density at radius 2 is 1.89 bits per heavy atom. The van der Waals surface area contributed by atoms with E-state index < -0.39 is 23.2 Å². The number of fused-ring (bicyclic) bond motifs is 1. The van der Waals surface area contributed by atoms with Crippen LogP contribution in [0.25, 0.3) is 10.9 Å². The molecule has 2 N–H and O–H groups in total. The summed E-state index contributed by atoms with van der Waals surface area (Å²) >= 11 is 0. The predicted molar refractivity (Wildman–Crippen MR) is 94.0 cm³/mol. The molecular weight excluding hydrogens is 379 g/mol. The molecule has 1 aromatic heterocycles. The monoisotopic (exact) mass is 393 g/mol. The molecule has 1 atom stereocenters. The average molecular weight is 393 g/mol. The Balaban J connectivity index is 1.76. The molecule has 3 rings (SSSR count). The maximum absolute atomic E-state index is 12.6. The number of carbonyl (C=O) groups is 1. The van der Waals surface area contributed by atoms with Gasteiger partial charge < -0.3 is 15.0 Å². The van der Waals surface area contributed by atoms with Crippen LogP contribution in [0.1, 0.15) is 28.9 Å². The Bertz CT molecular complexity index is 1030. The number of ether oxygens (including phenoxy) is 1. The first kappa shape index (κ1) is 19.2. The number of aromatic nitrogens is 1. The first-order valence-electron chi connectivity index (χ1n) is 8.06. The third-order valence-corrected chi connectivity index (χ3v) is 4.08. The molecule has 0 saturated heterocycles. The van der Waals surface area contributed by atoms with Crippen molar-refractivity contribution in [3.63, 3.8) is 0 Å². The molecule has 0 aliphatic rings. The van der Waals surface area contributed by atoms with Crippen LogP contribution in [-0.4, -0.2) is 22.2 Å². The van der Waals surface area contributed by atoms with Gasteiger partial charge in [-0.3, -0.25) is 14.9 Å². The molecule has 0 bridgehead atoms. The summed E-state index contributed by atoms with van der Waals surface area (Å²) in [6.07, 6.45) is -3.34. The van der Waals surface area contributed by atoms with E-state index in [2.05, 4.69) is 15.0 Å². The van der Waals surface area contributed by atoms with Gasteiger partial charge in [0.2, 0.25) is 0 Å². The van der Waals surface area contributed by atoms with Crippen LogP contribution in [0, 0.1) is 10.1 Å². The highest BCUT2D eigenvalue weighted by atomic mass is 19.4. The average Bonchev–Trinajstić information content (AvgIpc) is 3.04. The van der Waals surface area contributed by atoms with Gasteiger partial charge in [0.15, 0.2) is 0 Å². The van der Waals surface area contributed by atoms with Gasteiger partial charge in [0.1, 0.15) is 5.75 Å². The number of nitrogens with one attached hydrogen (secondary N) is 2. The van der Waals surface area contributed by atoms with Crippen LogP contribution >= 0.6 is 0 Å². The van der Waals surface area contributed by atoms with Gasteiger partial charge in [-0.15, -0.1) is 13.2 Å². The van der Waals surface area contributed by atoms with E-state index in [-0.39, 0.29) is 17.0 Å². The number of hydrogen-bond acceptors (Lipinski definition) is 4. The number of nitro groups is 1. The van der Waals surface area contributed by atoms with Crippen LogP contribution in [0.3, 0.4) is 0 Å². The predicted octanol–water partition coefficient (Wildman–Crippen LogP) is 4.47. The van der Waals surface area contributed by atoms with E-state index in [1.165, 1.54) is 36.5 Å². The molecule has 28 heavy (non-hydrogen) atoms. The molecule has 0 aliphatic carbocycles. The highest BCUT2D eigenvalue weighted by Gasteiger charge is 2.31. The second-order valence-corrected chi connectivity index (χ2v) is 6.00. The zero-order valence-corrected chi connectivity index (χ0v) is 14.4. The van der Waals surface area contributed by atoms with Crippen molar-refractivity contribution in [3.05, 3.63) is 69.9 Å². The number of rotatable bonds is 5. The Kier molecular flexibility index (Phi) is 4.95. The summed E-state index contributed by atoms with van der Waals surface area (Å²) in [5.74, 6) is -0.839. The Labute approximate surface area is 156 Å². The van der Waals surface area contributed by atoms with E-state index in [4.69, 9.17) is 0 Å². The van der Waals surface area contributed by atoms with Crippen LogP contribution in [0.2, 0.25) is 0 Å². The Hall–Kier alpha value is -3.56. The molecule has 2 aromatic carbocycles. The van der Waals surface area contributed by atoms with Crippen LogP contribution in [0.4, 0.5) is 18.9 Å². The van der Waals surface area contributed by atoms with Gasteiger partial charge in [0, 0.05) is 29.2 Å². The summed E-state index contributed by atoms with van der Waals surface area (Å²) in [5, 5.41) is 14.1. The molecule has 0 aliphatic heterocycles. The van der Waals surface area contributed by atoms with E-state index in [0.717, 1.165) is 12.1 Å². The maximum atomic E-state index is 12.6. The quantitative estimate of drug-likeness (QED) is 0.494. The second kappa shape index (κ2) is 7.22. The van der Waals surface area contributed by atoms with Gasteiger partial charge in [-0.2, -0.15) is 0 Å². The summed E-state index contributed by atoms with van der Waals surface area (Å²) in [4.78, 5) is 25.8. The van der Waals surface area contributed by atoms with Crippen LogP contribution in [-0.2, 0) is 0 Å². The molecule has 7 nitrogen and oxygen atoms in total. The number of aromatic amines is 1. The van der Waals surface area contributed by atoms with Crippen molar-refractivity contribution >= 4 is 22.5 Å². The molecular formula is C18H14F3N3O4. The zero-order chi connectivity index (χ0) is 20.5. The summed E-state index contributed by atoms with van der Waals surface area (Å²) in [7, 11) is 0. The lowest BCUT2D eigenvalue weighted by molar-refractivity contribution is -0.384. The second-order valence-electron chi connectivity index (χ2n) is 6.00. The minimum Gasteiger partial charge on any atom is -0.406 e. The Morgan fingerprint density at radius 3 is 2.50 bits per heavy atom.